The zero-order valence-corrected chi connectivity index (χ0v) is 14.0. The minimum absolute atomic E-state index is 0.645. The monoisotopic (exact) mass is 342 g/mol. The SMILES string of the molecule is Cc1ccc(CSC=Cc2ccc(Cl)cc2Cl)c(Cl)c1. The average molecular weight is 344 g/mol. The van der Waals surface area contributed by atoms with Crippen molar-refractivity contribution >= 4 is 52.6 Å². The molecule has 0 radical (unpaired) electrons. The van der Waals surface area contributed by atoms with Crippen molar-refractivity contribution in [1.82, 2.24) is 0 Å². The van der Waals surface area contributed by atoms with Gasteiger partial charge in [-0.3, -0.25) is 0 Å². The molecular formula is C16H13Cl3S. The van der Waals surface area contributed by atoms with Gasteiger partial charge in [-0.2, -0.15) is 0 Å². The first-order valence-corrected chi connectivity index (χ1v) is 8.23. The maximum Gasteiger partial charge on any atom is 0.0493 e. The molecule has 0 aromatic heterocycles. The van der Waals surface area contributed by atoms with Gasteiger partial charge in [-0.15, -0.1) is 11.8 Å². The molecule has 0 aliphatic rings. The van der Waals surface area contributed by atoms with Crippen molar-refractivity contribution in [2.24, 2.45) is 0 Å². The summed E-state index contributed by atoms with van der Waals surface area (Å²) in [5, 5.41) is 4.13. The Bertz CT molecular complexity index is 636. The molecule has 0 fully saturated rings. The highest BCUT2D eigenvalue weighted by Crippen LogP contribution is 2.25. The van der Waals surface area contributed by atoms with E-state index in [4.69, 9.17) is 34.8 Å². The van der Waals surface area contributed by atoms with E-state index in [2.05, 4.69) is 12.1 Å². The predicted octanol–water partition coefficient (Wildman–Crippen LogP) is 6.86. The van der Waals surface area contributed by atoms with Crippen LogP contribution in [0.15, 0.2) is 41.8 Å². The second-order valence-electron chi connectivity index (χ2n) is 4.37. The van der Waals surface area contributed by atoms with E-state index < -0.39 is 0 Å². The molecule has 2 rings (SSSR count). The van der Waals surface area contributed by atoms with Crippen LogP contribution in [0.4, 0.5) is 0 Å². The number of aryl methyl sites for hydroxylation is 1. The van der Waals surface area contributed by atoms with Crippen LogP contribution in [0.25, 0.3) is 6.08 Å². The molecule has 0 bridgehead atoms. The third kappa shape index (κ3) is 4.46. The standard InChI is InChI=1S/C16H13Cl3S/c1-11-2-3-13(15(18)8-11)10-20-7-6-12-4-5-14(17)9-16(12)19/h2-9H,10H2,1H3. The zero-order chi connectivity index (χ0) is 14.5. The summed E-state index contributed by atoms with van der Waals surface area (Å²) in [5.41, 5.74) is 3.26. The Morgan fingerprint density at radius 1 is 1.00 bits per heavy atom. The van der Waals surface area contributed by atoms with Gasteiger partial charge in [0.05, 0.1) is 0 Å². The number of benzene rings is 2. The van der Waals surface area contributed by atoms with Gasteiger partial charge < -0.3 is 0 Å². The number of rotatable bonds is 4. The van der Waals surface area contributed by atoms with Crippen molar-refractivity contribution < 1.29 is 0 Å². The van der Waals surface area contributed by atoms with Crippen LogP contribution in [0.1, 0.15) is 16.7 Å². The molecule has 2 aromatic rings. The summed E-state index contributed by atoms with van der Waals surface area (Å²) in [4.78, 5) is 0. The summed E-state index contributed by atoms with van der Waals surface area (Å²) >= 11 is 19.8. The van der Waals surface area contributed by atoms with Gasteiger partial charge in [0.2, 0.25) is 0 Å². The van der Waals surface area contributed by atoms with Gasteiger partial charge in [0.25, 0.3) is 0 Å². The molecule has 104 valence electrons. The quantitative estimate of drug-likeness (QED) is 0.584. The van der Waals surface area contributed by atoms with Gasteiger partial charge in [0.15, 0.2) is 0 Å². The first kappa shape index (κ1) is 15.8. The first-order valence-electron chi connectivity index (χ1n) is 6.04. The molecule has 0 spiro atoms. The van der Waals surface area contributed by atoms with Crippen LogP contribution in [0.3, 0.4) is 0 Å². The summed E-state index contributed by atoms with van der Waals surface area (Å²) in [7, 11) is 0. The second kappa shape index (κ2) is 7.42. The molecule has 0 saturated carbocycles. The van der Waals surface area contributed by atoms with Crippen LogP contribution >= 0.6 is 46.6 Å². The Labute approximate surface area is 138 Å². The topological polar surface area (TPSA) is 0 Å². The summed E-state index contributed by atoms with van der Waals surface area (Å²) < 4.78 is 0. The summed E-state index contributed by atoms with van der Waals surface area (Å²) in [6.07, 6.45) is 1.98. The first-order chi connectivity index (χ1) is 9.56. The van der Waals surface area contributed by atoms with E-state index in [1.54, 1.807) is 17.8 Å². The lowest BCUT2D eigenvalue weighted by Gasteiger charge is -2.03. The van der Waals surface area contributed by atoms with Crippen molar-refractivity contribution in [2.75, 3.05) is 0 Å². The summed E-state index contributed by atoms with van der Waals surface area (Å²) in [6.45, 7) is 2.03. The molecule has 20 heavy (non-hydrogen) atoms. The third-order valence-electron chi connectivity index (χ3n) is 2.75. The molecule has 0 aliphatic heterocycles. The highest BCUT2D eigenvalue weighted by Gasteiger charge is 2.00. The van der Waals surface area contributed by atoms with E-state index in [0.717, 1.165) is 21.9 Å². The van der Waals surface area contributed by atoms with E-state index in [1.807, 2.05) is 36.6 Å². The van der Waals surface area contributed by atoms with Gasteiger partial charge in [-0.05, 0) is 53.3 Å². The lowest BCUT2D eigenvalue weighted by atomic mass is 10.2. The van der Waals surface area contributed by atoms with Crippen LogP contribution in [-0.4, -0.2) is 0 Å². The normalized spacial score (nSPS) is 11.2. The average Bonchev–Trinajstić information content (AvgIpc) is 2.39. The number of hydrogen-bond donors (Lipinski definition) is 0. The van der Waals surface area contributed by atoms with Gasteiger partial charge in [-0.25, -0.2) is 0 Å². The Morgan fingerprint density at radius 2 is 1.80 bits per heavy atom. The van der Waals surface area contributed by atoms with E-state index >= 15 is 0 Å². The summed E-state index contributed by atoms with van der Waals surface area (Å²) in [6, 6.07) is 11.6. The molecule has 0 aliphatic carbocycles. The number of halogens is 3. The highest BCUT2D eigenvalue weighted by atomic mass is 35.5. The van der Waals surface area contributed by atoms with Gasteiger partial charge in [-0.1, -0.05) is 53.0 Å². The lowest BCUT2D eigenvalue weighted by molar-refractivity contribution is 1.37. The van der Waals surface area contributed by atoms with Gasteiger partial charge in [0, 0.05) is 20.8 Å². The van der Waals surface area contributed by atoms with Crippen molar-refractivity contribution in [2.45, 2.75) is 12.7 Å². The largest absolute Gasteiger partial charge is 0.129 e. The zero-order valence-electron chi connectivity index (χ0n) is 10.9. The van der Waals surface area contributed by atoms with Gasteiger partial charge >= 0.3 is 0 Å². The Morgan fingerprint density at radius 3 is 2.50 bits per heavy atom. The van der Waals surface area contributed by atoms with Crippen LogP contribution < -0.4 is 0 Å². The van der Waals surface area contributed by atoms with Crippen molar-refractivity contribution in [3.8, 4) is 0 Å². The minimum atomic E-state index is 0.645. The second-order valence-corrected chi connectivity index (χ2v) is 6.52. The van der Waals surface area contributed by atoms with Crippen molar-refractivity contribution in [1.29, 1.82) is 0 Å². The minimum Gasteiger partial charge on any atom is -0.129 e. The third-order valence-corrected chi connectivity index (χ3v) is 4.47. The molecule has 0 amide bonds. The molecule has 2 aromatic carbocycles. The van der Waals surface area contributed by atoms with E-state index in [1.165, 1.54) is 5.56 Å². The molecule has 0 atom stereocenters. The highest BCUT2D eigenvalue weighted by molar-refractivity contribution is 8.01. The molecule has 0 heterocycles. The fourth-order valence-electron chi connectivity index (χ4n) is 1.67. The Kier molecular flexibility index (Phi) is 5.86. The number of thioether (sulfide) groups is 1. The smallest absolute Gasteiger partial charge is 0.0493 e. The van der Waals surface area contributed by atoms with E-state index in [-0.39, 0.29) is 0 Å². The number of hydrogen-bond acceptors (Lipinski definition) is 1. The van der Waals surface area contributed by atoms with Gasteiger partial charge in [0.1, 0.15) is 0 Å². The summed E-state index contributed by atoms with van der Waals surface area (Å²) in [5.74, 6) is 0.834. The van der Waals surface area contributed by atoms with Crippen LogP contribution in [-0.2, 0) is 5.75 Å². The molecule has 0 N–H and O–H groups in total. The van der Waals surface area contributed by atoms with Crippen LogP contribution in [0.5, 0.6) is 0 Å². The molecule has 0 nitrogen and oxygen atoms in total. The fourth-order valence-corrected chi connectivity index (χ4v) is 3.29. The Hall–Kier alpha value is -0.600. The molecule has 4 heteroatoms. The maximum atomic E-state index is 6.19. The van der Waals surface area contributed by atoms with Crippen LogP contribution in [0.2, 0.25) is 15.1 Å². The van der Waals surface area contributed by atoms with Crippen LogP contribution in [0, 0.1) is 6.92 Å². The van der Waals surface area contributed by atoms with Crippen molar-refractivity contribution in [3.05, 3.63) is 73.6 Å². The fraction of sp³-hybridized carbons (Fsp3) is 0.125. The van der Waals surface area contributed by atoms with E-state index in [9.17, 15) is 0 Å². The molecule has 0 unspecified atom stereocenters. The van der Waals surface area contributed by atoms with Crippen molar-refractivity contribution in [3.63, 3.8) is 0 Å². The lowest BCUT2D eigenvalue weighted by Crippen LogP contribution is -1.82. The maximum absolute atomic E-state index is 6.19. The Balaban J connectivity index is 1.97. The molecular weight excluding hydrogens is 331 g/mol. The molecule has 0 saturated heterocycles. The predicted molar refractivity (Wildman–Crippen MR) is 93.0 cm³/mol. The van der Waals surface area contributed by atoms with E-state index in [0.29, 0.717) is 10.0 Å².